The van der Waals surface area contributed by atoms with Crippen LogP contribution < -0.4 is 10.6 Å². The first kappa shape index (κ1) is 18.5. The van der Waals surface area contributed by atoms with Gasteiger partial charge < -0.3 is 20.3 Å². The summed E-state index contributed by atoms with van der Waals surface area (Å²) in [6.07, 6.45) is 1.06. The van der Waals surface area contributed by atoms with Gasteiger partial charge in [0.15, 0.2) is 5.96 Å². The van der Waals surface area contributed by atoms with Crippen LogP contribution in [-0.2, 0) is 11.3 Å². The SMILES string of the molecule is CN=C(NCCN(C)CCCOC)NCc1cccc(C)c1. The third kappa shape index (κ3) is 8.00. The first-order valence-electron chi connectivity index (χ1n) is 7.83. The summed E-state index contributed by atoms with van der Waals surface area (Å²) in [7, 11) is 5.67. The quantitative estimate of drug-likeness (QED) is 0.414. The molecule has 5 heteroatoms. The lowest BCUT2D eigenvalue weighted by atomic mass is 10.1. The van der Waals surface area contributed by atoms with E-state index in [1.807, 2.05) is 0 Å². The Morgan fingerprint density at radius 2 is 2.09 bits per heavy atom. The van der Waals surface area contributed by atoms with Crippen molar-refractivity contribution in [1.29, 1.82) is 0 Å². The molecule has 0 spiro atoms. The standard InChI is InChI=1S/C17H30N4O/c1-15-7-5-8-16(13-15)14-20-17(18-2)19-9-11-21(3)10-6-12-22-4/h5,7-8,13H,6,9-12,14H2,1-4H3,(H2,18,19,20). The topological polar surface area (TPSA) is 48.9 Å². The minimum absolute atomic E-state index is 0.783. The maximum absolute atomic E-state index is 5.06. The van der Waals surface area contributed by atoms with Gasteiger partial charge in [0.05, 0.1) is 0 Å². The van der Waals surface area contributed by atoms with E-state index < -0.39 is 0 Å². The maximum atomic E-state index is 5.06. The number of nitrogens with one attached hydrogen (secondary N) is 2. The molecule has 2 N–H and O–H groups in total. The summed E-state index contributed by atoms with van der Waals surface area (Å²) in [5.74, 6) is 0.840. The van der Waals surface area contributed by atoms with E-state index in [1.54, 1.807) is 14.2 Å². The molecule has 0 aliphatic rings. The van der Waals surface area contributed by atoms with E-state index >= 15 is 0 Å². The lowest BCUT2D eigenvalue weighted by molar-refractivity contribution is 0.180. The Morgan fingerprint density at radius 3 is 2.77 bits per heavy atom. The Labute approximate surface area is 134 Å². The van der Waals surface area contributed by atoms with Gasteiger partial charge in [-0.2, -0.15) is 0 Å². The van der Waals surface area contributed by atoms with Crippen molar-refractivity contribution in [2.24, 2.45) is 4.99 Å². The molecule has 0 unspecified atom stereocenters. The summed E-state index contributed by atoms with van der Waals surface area (Å²) in [4.78, 5) is 6.55. The van der Waals surface area contributed by atoms with Crippen molar-refractivity contribution in [3.63, 3.8) is 0 Å². The fourth-order valence-electron chi connectivity index (χ4n) is 2.18. The second-order valence-corrected chi connectivity index (χ2v) is 5.49. The average Bonchev–Trinajstić information content (AvgIpc) is 2.51. The zero-order valence-corrected chi connectivity index (χ0v) is 14.4. The largest absolute Gasteiger partial charge is 0.385 e. The minimum atomic E-state index is 0.783. The van der Waals surface area contributed by atoms with Crippen LogP contribution in [0.25, 0.3) is 0 Å². The third-order valence-corrected chi connectivity index (χ3v) is 3.44. The van der Waals surface area contributed by atoms with Gasteiger partial charge in [-0.05, 0) is 26.0 Å². The molecule has 0 atom stereocenters. The van der Waals surface area contributed by atoms with Gasteiger partial charge in [-0.1, -0.05) is 29.8 Å². The Kier molecular flexibility index (Phi) is 9.26. The highest BCUT2D eigenvalue weighted by molar-refractivity contribution is 5.79. The first-order valence-corrected chi connectivity index (χ1v) is 7.83. The van der Waals surface area contributed by atoms with Crippen LogP contribution in [-0.4, -0.2) is 58.3 Å². The molecule has 0 heterocycles. The van der Waals surface area contributed by atoms with Crippen LogP contribution >= 0.6 is 0 Å². The number of nitrogens with zero attached hydrogens (tertiary/aromatic N) is 2. The molecule has 0 radical (unpaired) electrons. The molecule has 0 aliphatic heterocycles. The smallest absolute Gasteiger partial charge is 0.191 e. The molecule has 0 fully saturated rings. The summed E-state index contributed by atoms with van der Waals surface area (Å²) in [6.45, 7) is 6.61. The van der Waals surface area contributed by atoms with Gasteiger partial charge in [0.1, 0.15) is 0 Å². The number of hydrogen-bond donors (Lipinski definition) is 2. The van der Waals surface area contributed by atoms with Crippen molar-refractivity contribution in [2.75, 3.05) is 47.4 Å². The molecule has 1 aromatic rings. The van der Waals surface area contributed by atoms with Crippen LogP contribution in [0.5, 0.6) is 0 Å². The number of guanidine groups is 1. The summed E-state index contributed by atoms with van der Waals surface area (Å²) in [5.41, 5.74) is 2.54. The zero-order valence-electron chi connectivity index (χ0n) is 14.4. The molecule has 0 amide bonds. The molecule has 0 aliphatic carbocycles. The molecule has 0 bridgehead atoms. The highest BCUT2D eigenvalue weighted by Crippen LogP contribution is 2.02. The van der Waals surface area contributed by atoms with Gasteiger partial charge in [-0.3, -0.25) is 4.99 Å². The zero-order chi connectivity index (χ0) is 16.2. The van der Waals surface area contributed by atoms with Crippen LogP contribution in [0.3, 0.4) is 0 Å². The molecule has 0 saturated carbocycles. The fraction of sp³-hybridized carbons (Fsp3) is 0.588. The number of benzene rings is 1. The lowest BCUT2D eigenvalue weighted by Gasteiger charge is -2.18. The predicted molar refractivity (Wildman–Crippen MR) is 93.4 cm³/mol. The molecule has 1 aromatic carbocycles. The fourth-order valence-corrected chi connectivity index (χ4v) is 2.18. The number of aryl methyl sites for hydroxylation is 1. The highest BCUT2D eigenvalue weighted by Gasteiger charge is 2.01. The second-order valence-electron chi connectivity index (χ2n) is 5.49. The number of aliphatic imine (C=N–C) groups is 1. The highest BCUT2D eigenvalue weighted by atomic mass is 16.5. The Morgan fingerprint density at radius 1 is 1.27 bits per heavy atom. The summed E-state index contributed by atoms with van der Waals surface area (Å²) >= 11 is 0. The first-order chi connectivity index (χ1) is 10.7. The van der Waals surface area contributed by atoms with Crippen molar-refractivity contribution < 1.29 is 4.74 Å². The Balaban J connectivity index is 2.22. The van der Waals surface area contributed by atoms with E-state index in [0.717, 1.165) is 45.2 Å². The normalized spacial score (nSPS) is 11.8. The predicted octanol–water partition coefficient (Wildman–Crippen LogP) is 1.63. The summed E-state index contributed by atoms with van der Waals surface area (Å²) in [6, 6.07) is 8.49. The Hall–Kier alpha value is -1.59. The van der Waals surface area contributed by atoms with Crippen molar-refractivity contribution in [3.05, 3.63) is 35.4 Å². The van der Waals surface area contributed by atoms with E-state index in [-0.39, 0.29) is 0 Å². The molecule has 5 nitrogen and oxygen atoms in total. The average molecular weight is 306 g/mol. The van der Waals surface area contributed by atoms with Crippen molar-refractivity contribution in [3.8, 4) is 0 Å². The van der Waals surface area contributed by atoms with Crippen molar-refractivity contribution >= 4 is 5.96 Å². The van der Waals surface area contributed by atoms with Gasteiger partial charge in [-0.25, -0.2) is 0 Å². The number of likely N-dealkylation sites (N-methyl/N-ethyl adjacent to an activating group) is 1. The van der Waals surface area contributed by atoms with E-state index in [0.29, 0.717) is 0 Å². The van der Waals surface area contributed by atoms with Gasteiger partial charge in [0.25, 0.3) is 0 Å². The third-order valence-electron chi connectivity index (χ3n) is 3.44. The van der Waals surface area contributed by atoms with E-state index in [1.165, 1.54) is 11.1 Å². The molecular formula is C17H30N4O. The number of methoxy groups -OCH3 is 1. The van der Waals surface area contributed by atoms with Crippen LogP contribution in [0.1, 0.15) is 17.5 Å². The summed E-state index contributed by atoms with van der Waals surface area (Å²) in [5, 5.41) is 6.68. The van der Waals surface area contributed by atoms with E-state index in [2.05, 4.69) is 58.8 Å². The molecule has 0 saturated heterocycles. The molecule has 1 rings (SSSR count). The number of ether oxygens (including phenoxy) is 1. The molecule has 124 valence electrons. The summed E-state index contributed by atoms with van der Waals surface area (Å²) < 4.78 is 5.06. The second kappa shape index (κ2) is 11.0. The van der Waals surface area contributed by atoms with Crippen molar-refractivity contribution in [2.45, 2.75) is 19.9 Å². The van der Waals surface area contributed by atoms with Gasteiger partial charge in [0, 0.05) is 46.9 Å². The molecule has 0 aromatic heterocycles. The van der Waals surface area contributed by atoms with Gasteiger partial charge in [-0.15, -0.1) is 0 Å². The minimum Gasteiger partial charge on any atom is -0.385 e. The molecule has 22 heavy (non-hydrogen) atoms. The number of hydrogen-bond acceptors (Lipinski definition) is 3. The van der Waals surface area contributed by atoms with Crippen LogP contribution in [0.4, 0.5) is 0 Å². The number of rotatable bonds is 9. The lowest BCUT2D eigenvalue weighted by Crippen LogP contribution is -2.40. The van der Waals surface area contributed by atoms with E-state index in [9.17, 15) is 0 Å². The maximum Gasteiger partial charge on any atom is 0.191 e. The monoisotopic (exact) mass is 306 g/mol. The molecular weight excluding hydrogens is 276 g/mol. The van der Waals surface area contributed by atoms with Crippen LogP contribution in [0.2, 0.25) is 0 Å². The Bertz CT molecular complexity index is 448. The van der Waals surface area contributed by atoms with Crippen LogP contribution in [0, 0.1) is 6.92 Å². The van der Waals surface area contributed by atoms with Crippen molar-refractivity contribution in [1.82, 2.24) is 15.5 Å². The van der Waals surface area contributed by atoms with E-state index in [4.69, 9.17) is 4.74 Å². The van der Waals surface area contributed by atoms with Gasteiger partial charge in [0.2, 0.25) is 0 Å². The van der Waals surface area contributed by atoms with Crippen LogP contribution in [0.15, 0.2) is 29.3 Å². The van der Waals surface area contributed by atoms with Gasteiger partial charge >= 0.3 is 0 Å².